The number of benzene rings is 2. The topological polar surface area (TPSA) is 77.4 Å². The van der Waals surface area contributed by atoms with Gasteiger partial charge in [0.05, 0.1) is 17.1 Å². The van der Waals surface area contributed by atoms with Gasteiger partial charge in [-0.2, -0.15) is 5.26 Å². The van der Waals surface area contributed by atoms with Crippen LogP contribution in [0.4, 0.5) is 11.5 Å². The highest BCUT2D eigenvalue weighted by Gasteiger charge is 2.11. The summed E-state index contributed by atoms with van der Waals surface area (Å²) in [4.78, 5) is 12.3. The minimum Gasteiger partial charge on any atom is -0.367 e. The van der Waals surface area contributed by atoms with Gasteiger partial charge in [0, 0.05) is 34.1 Å². The number of anilines is 2. The highest BCUT2D eigenvalue weighted by molar-refractivity contribution is 6.31. The summed E-state index contributed by atoms with van der Waals surface area (Å²) in [5, 5.41) is 13.8. The molecule has 6 heteroatoms. The minimum atomic E-state index is 0.581. The van der Waals surface area contributed by atoms with E-state index in [0.29, 0.717) is 22.2 Å². The molecular formula is C19H12ClN5. The van der Waals surface area contributed by atoms with E-state index in [1.54, 1.807) is 18.2 Å². The fraction of sp³-hybridized carbons (Fsp3) is 0. The second-order valence-corrected chi connectivity index (χ2v) is 5.91. The molecule has 0 atom stereocenters. The molecule has 5 nitrogen and oxygen atoms in total. The molecule has 0 aliphatic rings. The van der Waals surface area contributed by atoms with Crippen LogP contribution in [0.2, 0.25) is 5.02 Å². The molecule has 4 aromatic rings. The van der Waals surface area contributed by atoms with Crippen molar-refractivity contribution in [3.05, 3.63) is 71.5 Å². The van der Waals surface area contributed by atoms with Crippen LogP contribution < -0.4 is 5.32 Å². The predicted molar refractivity (Wildman–Crippen MR) is 98.8 cm³/mol. The fourth-order valence-electron chi connectivity index (χ4n) is 2.59. The number of hydrogen-bond acceptors (Lipinski definition) is 4. The summed E-state index contributed by atoms with van der Waals surface area (Å²) in [6.45, 7) is 0. The Morgan fingerprint density at radius 1 is 1.08 bits per heavy atom. The smallest absolute Gasteiger partial charge is 0.163 e. The summed E-state index contributed by atoms with van der Waals surface area (Å²) in [5.41, 5.74) is 3.00. The Labute approximate surface area is 148 Å². The van der Waals surface area contributed by atoms with Crippen molar-refractivity contribution in [3.63, 3.8) is 0 Å². The molecule has 0 saturated heterocycles. The molecule has 2 aromatic heterocycles. The van der Waals surface area contributed by atoms with Gasteiger partial charge in [-0.3, -0.25) is 0 Å². The number of nitrogens with zero attached hydrogens (tertiary/aromatic N) is 3. The number of aromatic amines is 1. The lowest BCUT2D eigenvalue weighted by Gasteiger charge is -2.11. The predicted octanol–water partition coefficient (Wildman–Crippen LogP) is 4.89. The van der Waals surface area contributed by atoms with Crippen LogP contribution in [-0.4, -0.2) is 15.0 Å². The minimum absolute atomic E-state index is 0.581. The molecule has 0 aliphatic heterocycles. The van der Waals surface area contributed by atoms with Crippen LogP contribution in [0, 0.1) is 11.3 Å². The quantitative estimate of drug-likeness (QED) is 0.554. The van der Waals surface area contributed by atoms with Crippen molar-refractivity contribution in [1.82, 2.24) is 15.0 Å². The number of H-pyrrole nitrogens is 1. The second-order valence-electron chi connectivity index (χ2n) is 5.47. The Balaban J connectivity index is 1.87. The number of nitrogens with one attached hydrogen (secondary N) is 2. The third kappa shape index (κ3) is 3.03. The maximum atomic E-state index is 9.08. The maximum absolute atomic E-state index is 9.08. The summed E-state index contributed by atoms with van der Waals surface area (Å²) in [5.74, 6) is 1.25. The standard InChI is InChI=1S/C19H12ClN5/c20-14-4-5-16-17(9-14)24-18(13-6-7-22-11-13)25-19(16)23-15-3-1-2-12(8-15)10-21/h1-9,11,22H,(H,23,24,25). The van der Waals surface area contributed by atoms with Gasteiger partial charge < -0.3 is 10.3 Å². The average molecular weight is 346 g/mol. The first-order valence-electron chi connectivity index (χ1n) is 7.60. The summed E-state index contributed by atoms with van der Waals surface area (Å²) in [6.07, 6.45) is 3.66. The van der Waals surface area contributed by atoms with E-state index in [4.69, 9.17) is 16.9 Å². The van der Waals surface area contributed by atoms with E-state index in [9.17, 15) is 0 Å². The van der Waals surface area contributed by atoms with Crippen molar-refractivity contribution in [3.8, 4) is 17.5 Å². The molecule has 0 saturated carbocycles. The van der Waals surface area contributed by atoms with Crippen LogP contribution in [0.1, 0.15) is 5.56 Å². The van der Waals surface area contributed by atoms with Gasteiger partial charge in [0.25, 0.3) is 0 Å². The lowest BCUT2D eigenvalue weighted by molar-refractivity contribution is 1.22. The molecule has 0 bridgehead atoms. The largest absolute Gasteiger partial charge is 0.367 e. The zero-order chi connectivity index (χ0) is 17.2. The number of fused-ring (bicyclic) bond motifs is 1. The number of nitriles is 1. The van der Waals surface area contributed by atoms with Crippen LogP contribution in [0.25, 0.3) is 22.3 Å². The Kier molecular flexibility index (Phi) is 3.81. The molecule has 25 heavy (non-hydrogen) atoms. The molecule has 0 amide bonds. The van der Waals surface area contributed by atoms with Gasteiger partial charge in [-0.1, -0.05) is 17.7 Å². The van der Waals surface area contributed by atoms with Crippen LogP contribution in [0.15, 0.2) is 60.9 Å². The van der Waals surface area contributed by atoms with Crippen molar-refractivity contribution in [2.24, 2.45) is 0 Å². The second kappa shape index (κ2) is 6.27. The van der Waals surface area contributed by atoms with Crippen LogP contribution in [-0.2, 0) is 0 Å². The van der Waals surface area contributed by atoms with Gasteiger partial charge in [0.1, 0.15) is 5.82 Å². The van der Waals surface area contributed by atoms with E-state index in [1.807, 2.05) is 42.7 Å². The summed E-state index contributed by atoms with van der Waals surface area (Å²) in [7, 11) is 0. The molecule has 0 unspecified atom stereocenters. The maximum Gasteiger partial charge on any atom is 0.163 e. The Morgan fingerprint density at radius 2 is 2.00 bits per heavy atom. The van der Waals surface area contributed by atoms with Crippen LogP contribution in [0.5, 0.6) is 0 Å². The molecule has 2 heterocycles. The first kappa shape index (κ1) is 15.2. The average Bonchev–Trinajstić information content (AvgIpc) is 3.16. The molecular weight excluding hydrogens is 334 g/mol. The zero-order valence-electron chi connectivity index (χ0n) is 13.0. The first-order valence-corrected chi connectivity index (χ1v) is 7.98. The Morgan fingerprint density at radius 3 is 2.80 bits per heavy atom. The number of rotatable bonds is 3. The van der Waals surface area contributed by atoms with E-state index in [2.05, 4.69) is 26.3 Å². The molecule has 2 N–H and O–H groups in total. The highest BCUT2D eigenvalue weighted by atomic mass is 35.5. The third-order valence-corrected chi connectivity index (χ3v) is 4.00. The van der Waals surface area contributed by atoms with Crippen molar-refractivity contribution in [1.29, 1.82) is 5.26 Å². The van der Waals surface area contributed by atoms with E-state index in [-0.39, 0.29) is 0 Å². The van der Waals surface area contributed by atoms with E-state index in [0.717, 1.165) is 22.2 Å². The lowest BCUT2D eigenvalue weighted by atomic mass is 10.2. The Hall–Kier alpha value is -3.36. The summed E-state index contributed by atoms with van der Waals surface area (Å²) < 4.78 is 0. The first-order chi connectivity index (χ1) is 12.2. The van der Waals surface area contributed by atoms with Gasteiger partial charge >= 0.3 is 0 Å². The molecule has 0 fully saturated rings. The van der Waals surface area contributed by atoms with Crippen molar-refractivity contribution in [2.75, 3.05) is 5.32 Å². The van der Waals surface area contributed by atoms with Gasteiger partial charge in [-0.15, -0.1) is 0 Å². The SMILES string of the molecule is N#Cc1cccc(Nc2nc(-c3cc[nH]c3)nc3cc(Cl)ccc23)c1. The lowest BCUT2D eigenvalue weighted by Crippen LogP contribution is -1.99. The highest BCUT2D eigenvalue weighted by Crippen LogP contribution is 2.29. The van der Waals surface area contributed by atoms with Crippen LogP contribution in [0.3, 0.4) is 0 Å². The van der Waals surface area contributed by atoms with Crippen LogP contribution >= 0.6 is 11.6 Å². The van der Waals surface area contributed by atoms with Gasteiger partial charge in [0.15, 0.2) is 5.82 Å². The monoisotopic (exact) mass is 345 g/mol. The fourth-order valence-corrected chi connectivity index (χ4v) is 2.76. The molecule has 120 valence electrons. The molecule has 0 spiro atoms. The van der Waals surface area contributed by atoms with Gasteiger partial charge in [-0.25, -0.2) is 9.97 Å². The van der Waals surface area contributed by atoms with Crippen molar-refractivity contribution >= 4 is 34.0 Å². The zero-order valence-corrected chi connectivity index (χ0v) is 13.7. The number of halogens is 1. The van der Waals surface area contributed by atoms with E-state index < -0.39 is 0 Å². The summed E-state index contributed by atoms with van der Waals surface area (Å²) >= 11 is 6.12. The number of aromatic nitrogens is 3. The van der Waals surface area contributed by atoms with Gasteiger partial charge in [-0.05, 0) is 42.5 Å². The van der Waals surface area contributed by atoms with Crippen molar-refractivity contribution < 1.29 is 0 Å². The molecule has 4 rings (SSSR count). The molecule has 0 radical (unpaired) electrons. The molecule has 0 aliphatic carbocycles. The normalized spacial score (nSPS) is 10.6. The number of hydrogen-bond donors (Lipinski definition) is 2. The van der Waals surface area contributed by atoms with Crippen molar-refractivity contribution in [2.45, 2.75) is 0 Å². The van der Waals surface area contributed by atoms with E-state index in [1.165, 1.54) is 0 Å². The Bertz CT molecular complexity index is 1100. The molecule has 2 aromatic carbocycles. The third-order valence-electron chi connectivity index (χ3n) is 3.77. The van der Waals surface area contributed by atoms with E-state index >= 15 is 0 Å². The van der Waals surface area contributed by atoms with Gasteiger partial charge in [0.2, 0.25) is 0 Å². The summed E-state index contributed by atoms with van der Waals surface area (Å²) in [6, 6.07) is 16.8.